The summed E-state index contributed by atoms with van der Waals surface area (Å²) in [6, 6.07) is 4.10. The number of hydrogen-bond acceptors (Lipinski definition) is 4. The molecule has 1 unspecified atom stereocenters. The van der Waals surface area contributed by atoms with Gasteiger partial charge in [0, 0.05) is 23.9 Å². The van der Waals surface area contributed by atoms with Gasteiger partial charge in [-0.05, 0) is 38.8 Å². The predicted octanol–water partition coefficient (Wildman–Crippen LogP) is 3.95. The fourth-order valence-electron chi connectivity index (χ4n) is 2.19. The molecule has 5 heteroatoms. The summed E-state index contributed by atoms with van der Waals surface area (Å²) < 4.78 is 5.37. The standard InChI is InChI=1S/C15H18ClN3O/c1-9(8-12-4-3-7-20-12)17-14-10(2)13(16)18-15(19-14)11-5-6-11/h3-4,7,9,11H,5-6,8H2,1-2H3,(H,17,18,19). The lowest BCUT2D eigenvalue weighted by Gasteiger charge is -2.16. The molecule has 1 aliphatic carbocycles. The first kappa shape index (κ1) is 13.4. The maximum absolute atomic E-state index is 6.21. The highest BCUT2D eigenvalue weighted by molar-refractivity contribution is 6.30. The number of nitrogens with one attached hydrogen (secondary N) is 1. The molecular weight excluding hydrogens is 274 g/mol. The minimum atomic E-state index is 0.220. The highest BCUT2D eigenvalue weighted by Gasteiger charge is 2.28. The second kappa shape index (κ2) is 5.44. The van der Waals surface area contributed by atoms with Crippen molar-refractivity contribution in [3.8, 4) is 0 Å². The minimum Gasteiger partial charge on any atom is -0.469 e. The van der Waals surface area contributed by atoms with Crippen LogP contribution in [0.2, 0.25) is 5.15 Å². The fraction of sp³-hybridized carbons (Fsp3) is 0.467. The van der Waals surface area contributed by atoms with Crippen molar-refractivity contribution in [2.75, 3.05) is 5.32 Å². The van der Waals surface area contributed by atoms with Crippen molar-refractivity contribution < 1.29 is 4.42 Å². The van der Waals surface area contributed by atoms with Gasteiger partial charge in [0.05, 0.1) is 6.26 Å². The molecule has 1 fully saturated rings. The Morgan fingerprint density at radius 1 is 1.45 bits per heavy atom. The van der Waals surface area contributed by atoms with Crippen molar-refractivity contribution in [3.63, 3.8) is 0 Å². The van der Waals surface area contributed by atoms with E-state index in [0.29, 0.717) is 11.1 Å². The van der Waals surface area contributed by atoms with Crippen LogP contribution >= 0.6 is 11.6 Å². The lowest BCUT2D eigenvalue weighted by Crippen LogP contribution is -2.20. The van der Waals surface area contributed by atoms with E-state index in [-0.39, 0.29) is 6.04 Å². The molecule has 0 aliphatic heterocycles. The molecule has 2 aromatic heterocycles. The molecule has 1 saturated carbocycles. The van der Waals surface area contributed by atoms with Crippen molar-refractivity contribution in [1.82, 2.24) is 9.97 Å². The van der Waals surface area contributed by atoms with Crippen molar-refractivity contribution >= 4 is 17.4 Å². The lowest BCUT2D eigenvalue weighted by atomic mass is 10.2. The molecule has 4 nitrogen and oxygen atoms in total. The van der Waals surface area contributed by atoms with Crippen molar-refractivity contribution in [1.29, 1.82) is 0 Å². The van der Waals surface area contributed by atoms with Crippen LogP contribution in [0.1, 0.15) is 42.8 Å². The Morgan fingerprint density at radius 3 is 2.90 bits per heavy atom. The Kier molecular flexibility index (Phi) is 3.66. The average molecular weight is 292 g/mol. The average Bonchev–Trinajstić information content (AvgIpc) is 3.14. The van der Waals surface area contributed by atoms with E-state index >= 15 is 0 Å². The third-order valence-electron chi connectivity index (χ3n) is 3.52. The minimum absolute atomic E-state index is 0.220. The van der Waals surface area contributed by atoms with Gasteiger partial charge in [-0.2, -0.15) is 0 Å². The molecule has 2 heterocycles. The number of anilines is 1. The van der Waals surface area contributed by atoms with Crippen LogP contribution in [-0.4, -0.2) is 16.0 Å². The summed E-state index contributed by atoms with van der Waals surface area (Å²) in [5, 5.41) is 3.97. The third kappa shape index (κ3) is 2.96. The molecule has 3 rings (SSSR count). The van der Waals surface area contributed by atoms with Crippen LogP contribution in [0.25, 0.3) is 0 Å². The Morgan fingerprint density at radius 2 is 2.25 bits per heavy atom. The van der Waals surface area contributed by atoms with Gasteiger partial charge >= 0.3 is 0 Å². The predicted molar refractivity (Wildman–Crippen MR) is 79.3 cm³/mol. The molecule has 0 aromatic carbocycles. The van der Waals surface area contributed by atoms with E-state index in [1.807, 2.05) is 19.1 Å². The zero-order chi connectivity index (χ0) is 14.1. The smallest absolute Gasteiger partial charge is 0.137 e. The number of hydrogen-bond donors (Lipinski definition) is 1. The van der Waals surface area contributed by atoms with Crippen LogP contribution in [0, 0.1) is 6.92 Å². The molecule has 106 valence electrons. The van der Waals surface area contributed by atoms with Crippen LogP contribution in [0.15, 0.2) is 22.8 Å². The van der Waals surface area contributed by atoms with Gasteiger partial charge in [0.2, 0.25) is 0 Å². The van der Waals surface area contributed by atoms with E-state index in [0.717, 1.165) is 29.4 Å². The van der Waals surface area contributed by atoms with Crippen molar-refractivity contribution in [2.45, 2.75) is 45.1 Å². The van der Waals surface area contributed by atoms with Gasteiger partial charge in [-0.15, -0.1) is 0 Å². The van der Waals surface area contributed by atoms with Gasteiger partial charge in [0.15, 0.2) is 0 Å². The third-order valence-corrected chi connectivity index (χ3v) is 3.88. The number of furan rings is 1. The van der Waals surface area contributed by atoms with Gasteiger partial charge in [0.25, 0.3) is 0 Å². The topological polar surface area (TPSA) is 51.0 Å². The Hall–Kier alpha value is -1.55. The summed E-state index contributed by atoms with van der Waals surface area (Å²) >= 11 is 6.21. The molecular formula is C15H18ClN3O. The summed E-state index contributed by atoms with van der Waals surface area (Å²) in [7, 11) is 0. The molecule has 1 N–H and O–H groups in total. The maximum atomic E-state index is 6.21. The van der Waals surface area contributed by atoms with Crippen LogP contribution in [0.5, 0.6) is 0 Å². The first-order valence-corrected chi connectivity index (χ1v) is 7.34. The lowest BCUT2D eigenvalue weighted by molar-refractivity contribution is 0.497. The monoisotopic (exact) mass is 291 g/mol. The maximum Gasteiger partial charge on any atom is 0.137 e. The quantitative estimate of drug-likeness (QED) is 0.848. The Bertz CT molecular complexity index is 593. The normalized spacial score (nSPS) is 16.1. The molecule has 1 atom stereocenters. The molecule has 0 amide bonds. The molecule has 0 saturated heterocycles. The Balaban J connectivity index is 1.75. The van der Waals surface area contributed by atoms with E-state index in [2.05, 4.69) is 22.2 Å². The number of aromatic nitrogens is 2. The van der Waals surface area contributed by atoms with Gasteiger partial charge in [0.1, 0.15) is 22.6 Å². The summed E-state index contributed by atoms with van der Waals surface area (Å²) in [5.41, 5.74) is 0.905. The van der Waals surface area contributed by atoms with E-state index < -0.39 is 0 Å². The fourth-order valence-corrected chi connectivity index (χ4v) is 2.36. The van der Waals surface area contributed by atoms with E-state index in [9.17, 15) is 0 Å². The van der Waals surface area contributed by atoms with E-state index in [1.54, 1.807) is 6.26 Å². The zero-order valence-corrected chi connectivity index (χ0v) is 12.4. The van der Waals surface area contributed by atoms with Crippen LogP contribution < -0.4 is 5.32 Å². The van der Waals surface area contributed by atoms with Crippen LogP contribution in [0.3, 0.4) is 0 Å². The highest BCUT2D eigenvalue weighted by atomic mass is 35.5. The first-order valence-electron chi connectivity index (χ1n) is 6.96. The SMILES string of the molecule is Cc1c(Cl)nc(C2CC2)nc1NC(C)Cc1ccco1. The van der Waals surface area contributed by atoms with Crippen molar-refractivity contribution in [2.24, 2.45) is 0 Å². The zero-order valence-electron chi connectivity index (χ0n) is 11.7. The summed E-state index contributed by atoms with van der Waals surface area (Å²) in [5.74, 6) is 3.17. The van der Waals surface area contributed by atoms with E-state index in [1.165, 1.54) is 12.8 Å². The number of nitrogens with zero attached hydrogens (tertiary/aromatic N) is 2. The number of halogens is 1. The van der Waals surface area contributed by atoms with Crippen LogP contribution in [0.4, 0.5) is 5.82 Å². The van der Waals surface area contributed by atoms with E-state index in [4.69, 9.17) is 16.0 Å². The van der Waals surface area contributed by atoms with Gasteiger partial charge in [-0.3, -0.25) is 0 Å². The molecule has 20 heavy (non-hydrogen) atoms. The highest BCUT2D eigenvalue weighted by Crippen LogP contribution is 2.39. The molecule has 0 radical (unpaired) electrons. The molecule has 0 spiro atoms. The molecule has 0 bridgehead atoms. The van der Waals surface area contributed by atoms with Crippen molar-refractivity contribution in [3.05, 3.63) is 40.7 Å². The summed E-state index contributed by atoms with van der Waals surface area (Å²) in [4.78, 5) is 9.00. The second-order valence-corrected chi connectivity index (χ2v) is 5.81. The van der Waals surface area contributed by atoms with Crippen LogP contribution in [-0.2, 0) is 6.42 Å². The first-order chi connectivity index (χ1) is 9.63. The number of rotatable bonds is 5. The summed E-state index contributed by atoms with van der Waals surface area (Å²) in [6.45, 7) is 4.05. The summed E-state index contributed by atoms with van der Waals surface area (Å²) in [6.07, 6.45) is 4.84. The largest absolute Gasteiger partial charge is 0.469 e. The van der Waals surface area contributed by atoms with Gasteiger partial charge in [-0.1, -0.05) is 11.6 Å². The Labute approximate surface area is 123 Å². The van der Waals surface area contributed by atoms with Gasteiger partial charge < -0.3 is 9.73 Å². The second-order valence-electron chi connectivity index (χ2n) is 5.45. The van der Waals surface area contributed by atoms with Gasteiger partial charge in [-0.25, -0.2) is 9.97 Å². The molecule has 1 aliphatic rings. The molecule has 2 aromatic rings.